The number of hydrogen-bond donors (Lipinski definition) is 2. The molecular weight excluding hydrogens is 325 g/mol. The molecule has 0 aliphatic rings. The highest BCUT2D eigenvalue weighted by Gasteiger charge is 2.10. The van der Waals surface area contributed by atoms with Crippen LogP contribution in [0.4, 0.5) is 20.0 Å². The highest BCUT2D eigenvalue weighted by atomic mass is 32.1. The minimum Gasteiger partial charge on any atom is -0.308 e. The Hall–Kier alpha value is -2.99. The second-order valence-corrected chi connectivity index (χ2v) is 6.27. The molecule has 4 aromatic rings. The van der Waals surface area contributed by atoms with E-state index in [1.54, 1.807) is 0 Å². The molecule has 0 aliphatic heterocycles. The Bertz CT molecular complexity index is 1040. The van der Waals surface area contributed by atoms with Crippen LogP contribution in [0.3, 0.4) is 0 Å². The average Bonchev–Trinajstić information content (AvgIpc) is 2.99. The fourth-order valence-electron chi connectivity index (χ4n) is 2.51. The maximum absolute atomic E-state index is 12.9. The van der Waals surface area contributed by atoms with Gasteiger partial charge in [0, 0.05) is 11.1 Å². The molecule has 0 bridgehead atoms. The van der Waals surface area contributed by atoms with Gasteiger partial charge in [-0.15, -0.1) is 0 Å². The summed E-state index contributed by atoms with van der Waals surface area (Å²) in [6, 6.07) is 17.2. The highest BCUT2D eigenvalue weighted by Crippen LogP contribution is 2.31. The SMILES string of the molecule is O=C(Nc1ccc(F)cc1)Nc1nc2c(ccc3ccccc32)s1. The van der Waals surface area contributed by atoms with E-state index >= 15 is 0 Å². The third kappa shape index (κ3) is 2.79. The van der Waals surface area contributed by atoms with Gasteiger partial charge in [0.1, 0.15) is 5.82 Å². The van der Waals surface area contributed by atoms with Crippen LogP contribution in [0, 0.1) is 5.82 Å². The van der Waals surface area contributed by atoms with Crippen molar-refractivity contribution < 1.29 is 9.18 Å². The third-order valence-corrected chi connectivity index (χ3v) is 4.54. The number of nitrogens with zero attached hydrogens (tertiary/aromatic N) is 1. The zero-order valence-corrected chi connectivity index (χ0v) is 13.2. The molecule has 0 saturated heterocycles. The summed E-state index contributed by atoms with van der Waals surface area (Å²) < 4.78 is 13.9. The van der Waals surface area contributed by atoms with Crippen molar-refractivity contribution in [2.75, 3.05) is 10.6 Å². The van der Waals surface area contributed by atoms with E-state index in [0.717, 1.165) is 21.0 Å². The van der Waals surface area contributed by atoms with E-state index in [1.165, 1.54) is 35.6 Å². The summed E-state index contributed by atoms with van der Waals surface area (Å²) in [5.74, 6) is -0.348. The summed E-state index contributed by atoms with van der Waals surface area (Å²) in [7, 11) is 0. The van der Waals surface area contributed by atoms with Gasteiger partial charge < -0.3 is 5.32 Å². The quantitative estimate of drug-likeness (QED) is 0.526. The summed E-state index contributed by atoms with van der Waals surface area (Å²) in [5.41, 5.74) is 1.38. The number of urea groups is 1. The van der Waals surface area contributed by atoms with E-state index in [2.05, 4.69) is 15.6 Å². The molecule has 3 aromatic carbocycles. The molecule has 118 valence electrons. The van der Waals surface area contributed by atoms with Crippen LogP contribution in [0.15, 0.2) is 60.7 Å². The van der Waals surface area contributed by atoms with E-state index in [1.807, 2.05) is 36.4 Å². The van der Waals surface area contributed by atoms with Gasteiger partial charge in [0.15, 0.2) is 5.13 Å². The summed E-state index contributed by atoms with van der Waals surface area (Å²) >= 11 is 1.41. The normalized spacial score (nSPS) is 10.9. The first-order valence-electron chi connectivity index (χ1n) is 7.31. The summed E-state index contributed by atoms with van der Waals surface area (Å²) in [6.07, 6.45) is 0. The van der Waals surface area contributed by atoms with Crippen LogP contribution in [-0.4, -0.2) is 11.0 Å². The Morgan fingerprint density at radius 3 is 2.58 bits per heavy atom. The van der Waals surface area contributed by atoms with Crippen molar-refractivity contribution in [3.8, 4) is 0 Å². The van der Waals surface area contributed by atoms with Crippen molar-refractivity contribution in [2.45, 2.75) is 0 Å². The molecule has 0 atom stereocenters. The van der Waals surface area contributed by atoms with Crippen molar-refractivity contribution >= 4 is 49.2 Å². The number of anilines is 2. The van der Waals surface area contributed by atoms with E-state index in [4.69, 9.17) is 0 Å². The van der Waals surface area contributed by atoms with E-state index < -0.39 is 6.03 Å². The van der Waals surface area contributed by atoms with Crippen LogP contribution in [0.1, 0.15) is 0 Å². The number of carbonyl (C=O) groups excluding carboxylic acids is 1. The maximum Gasteiger partial charge on any atom is 0.325 e. The zero-order valence-electron chi connectivity index (χ0n) is 12.4. The molecule has 0 saturated carbocycles. The van der Waals surface area contributed by atoms with Gasteiger partial charge in [-0.05, 0) is 35.7 Å². The summed E-state index contributed by atoms with van der Waals surface area (Å²) in [6.45, 7) is 0. The predicted octanol–water partition coefficient (Wildman–Crippen LogP) is 5.23. The molecule has 24 heavy (non-hydrogen) atoms. The van der Waals surface area contributed by atoms with Crippen LogP contribution >= 0.6 is 11.3 Å². The van der Waals surface area contributed by atoms with Crippen LogP contribution in [0.25, 0.3) is 21.0 Å². The van der Waals surface area contributed by atoms with Crippen molar-refractivity contribution in [3.05, 3.63) is 66.5 Å². The lowest BCUT2D eigenvalue weighted by Gasteiger charge is -2.04. The molecular formula is C18H12FN3OS. The summed E-state index contributed by atoms with van der Waals surface area (Å²) in [4.78, 5) is 16.6. The number of halogens is 1. The van der Waals surface area contributed by atoms with Gasteiger partial charge >= 0.3 is 6.03 Å². The van der Waals surface area contributed by atoms with Gasteiger partial charge in [-0.3, -0.25) is 5.32 Å². The van der Waals surface area contributed by atoms with Gasteiger partial charge in [-0.2, -0.15) is 0 Å². The Labute approximate surface area is 141 Å². The number of nitrogens with one attached hydrogen (secondary N) is 2. The van der Waals surface area contributed by atoms with Crippen LogP contribution in [-0.2, 0) is 0 Å². The first kappa shape index (κ1) is 14.6. The highest BCUT2D eigenvalue weighted by molar-refractivity contribution is 7.22. The number of benzene rings is 3. The Morgan fingerprint density at radius 1 is 0.958 bits per heavy atom. The molecule has 4 nitrogen and oxygen atoms in total. The van der Waals surface area contributed by atoms with Gasteiger partial charge in [0.05, 0.1) is 10.2 Å². The van der Waals surface area contributed by atoms with E-state index in [9.17, 15) is 9.18 Å². The molecule has 0 spiro atoms. The Morgan fingerprint density at radius 2 is 1.75 bits per heavy atom. The first-order chi connectivity index (χ1) is 11.7. The molecule has 0 aliphatic carbocycles. The largest absolute Gasteiger partial charge is 0.325 e. The lowest BCUT2D eigenvalue weighted by molar-refractivity contribution is 0.262. The van der Waals surface area contributed by atoms with Crippen molar-refractivity contribution in [2.24, 2.45) is 0 Å². The van der Waals surface area contributed by atoms with E-state index in [0.29, 0.717) is 10.8 Å². The van der Waals surface area contributed by atoms with Gasteiger partial charge in [0.2, 0.25) is 0 Å². The Balaban J connectivity index is 1.59. The number of thiazole rings is 1. The second-order valence-electron chi connectivity index (χ2n) is 5.24. The number of rotatable bonds is 2. The van der Waals surface area contributed by atoms with Crippen LogP contribution in [0.5, 0.6) is 0 Å². The molecule has 2 N–H and O–H groups in total. The number of hydrogen-bond acceptors (Lipinski definition) is 3. The molecule has 4 rings (SSSR count). The molecule has 0 fully saturated rings. The topological polar surface area (TPSA) is 54.0 Å². The molecule has 0 radical (unpaired) electrons. The number of amides is 2. The second kappa shape index (κ2) is 5.90. The molecule has 1 heterocycles. The van der Waals surface area contributed by atoms with Gasteiger partial charge in [-0.25, -0.2) is 14.2 Å². The fourth-order valence-corrected chi connectivity index (χ4v) is 3.38. The van der Waals surface area contributed by atoms with Gasteiger partial charge in [0.25, 0.3) is 0 Å². The number of fused-ring (bicyclic) bond motifs is 3. The third-order valence-electron chi connectivity index (χ3n) is 3.61. The van der Waals surface area contributed by atoms with Crippen molar-refractivity contribution in [3.63, 3.8) is 0 Å². The van der Waals surface area contributed by atoms with Crippen LogP contribution < -0.4 is 10.6 Å². The fraction of sp³-hybridized carbons (Fsp3) is 0. The maximum atomic E-state index is 12.9. The predicted molar refractivity (Wildman–Crippen MR) is 96.2 cm³/mol. The zero-order chi connectivity index (χ0) is 16.5. The van der Waals surface area contributed by atoms with E-state index in [-0.39, 0.29) is 5.82 Å². The minimum atomic E-state index is -0.412. The standard InChI is InChI=1S/C18H12FN3OS/c19-12-6-8-13(9-7-12)20-17(23)22-18-21-16-14-4-2-1-3-11(14)5-10-15(16)24-18/h1-10H,(H2,20,21,22,23). The van der Waals surface area contributed by atoms with Crippen molar-refractivity contribution in [1.82, 2.24) is 4.98 Å². The smallest absolute Gasteiger partial charge is 0.308 e. The molecule has 6 heteroatoms. The average molecular weight is 337 g/mol. The summed E-state index contributed by atoms with van der Waals surface area (Å²) in [5, 5.41) is 8.05. The number of aromatic nitrogens is 1. The number of carbonyl (C=O) groups is 1. The molecule has 0 unspecified atom stereocenters. The first-order valence-corrected chi connectivity index (χ1v) is 8.12. The molecule has 1 aromatic heterocycles. The minimum absolute atomic E-state index is 0.348. The lowest BCUT2D eigenvalue weighted by Crippen LogP contribution is -2.19. The van der Waals surface area contributed by atoms with Crippen molar-refractivity contribution in [1.29, 1.82) is 0 Å². The van der Waals surface area contributed by atoms with Gasteiger partial charge in [-0.1, -0.05) is 41.7 Å². The molecule has 2 amide bonds. The monoisotopic (exact) mass is 337 g/mol. The Kier molecular flexibility index (Phi) is 3.59. The van der Waals surface area contributed by atoms with Crippen LogP contribution in [0.2, 0.25) is 0 Å². The lowest BCUT2D eigenvalue weighted by atomic mass is 10.1.